The van der Waals surface area contributed by atoms with Crippen molar-refractivity contribution in [3.63, 3.8) is 0 Å². The van der Waals surface area contributed by atoms with E-state index in [9.17, 15) is 4.79 Å². The first kappa shape index (κ1) is 16.8. The third-order valence-electron chi connectivity index (χ3n) is 3.64. The van der Waals surface area contributed by atoms with E-state index in [1.54, 1.807) is 35.0 Å². The molecule has 24 heavy (non-hydrogen) atoms. The molecule has 3 aromatic rings. The van der Waals surface area contributed by atoms with Crippen molar-refractivity contribution in [1.82, 2.24) is 9.78 Å². The lowest BCUT2D eigenvalue weighted by Gasteiger charge is -2.09. The van der Waals surface area contributed by atoms with Crippen molar-refractivity contribution in [2.75, 3.05) is 6.61 Å². The molecule has 3 rings (SSSR count). The van der Waals surface area contributed by atoms with Gasteiger partial charge in [0, 0.05) is 27.1 Å². The molecule has 5 nitrogen and oxygen atoms in total. The minimum Gasteiger partial charge on any atom is -0.425 e. The summed E-state index contributed by atoms with van der Waals surface area (Å²) in [5, 5.41) is 15.4. The van der Waals surface area contributed by atoms with Crippen LogP contribution in [-0.4, -0.2) is 27.5 Å². The van der Waals surface area contributed by atoms with Gasteiger partial charge in [0.1, 0.15) is 12.4 Å². The highest BCUT2D eigenvalue weighted by molar-refractivity contribution is 6.36. The fourth-order valence-corrected chi connectivity index (χ4v) is 3.02. The van der Waals surface area contributed by atoms with Crippen LogP contribution in [0.5, 0.6) is 5.75 Å². The molecule has 1 N–H and O–H groups in total. The van der Waals surface area contributed by atoms with Gasteiger partial charge in [-0.3, -0.25) is 4.68 Å². The van der Waals surface area contributed by atoms with Crippen LogP contribution in [0, 0.1) is 6.92 Å². The number of esters is 1. The number of carbonyl (C=O) groups is 1. The number of ether oxygens (including phenoxy) is 1. The number of nitrogens with zero attached hydrogens (tertiary/aromatic N) is 2. The van der Waals surface area contributed by atoms with Gasteiger partial charge in [0.15, 0.2) is 0 Å². The third kappa shape index (κ3) is 3.24. The van der Waals surface area contributed by atoms with Gasteiger partial charge < -0.3 is 9.84 Å². The zero-order valence-corrected chi connectivity index (χ0v) is 14.3. The van der Waals surface area contributed by atoms with E-state index in [1.807, 2.05) is 13.0 Å². The molecule has 0 atom stereocenters. The molecule has 124 valence electrons. The third-order valence-corrected chi connectivity index (χ3v) is 4.35. The van der Waals surface area contributed by atoms with Gasteiger partial charge in [-0.05, 0) is 31.2 Å². The fraction of sp³-hybridized carbons (Fsp3) is 0.176. The Bertz CT molecular complexity index is 901. The van der Waals surface area contributed by atoms with Crippen molar-refractivity contribution in [3.8, 4) is 5.75 Å². The largest absolute Gasteiger partial charge is 0.425 e. The Labute approximate surface area is 148 Å². The van der Waals surface area contributed by atoms with Gasteiger partial charge in [0.25, 0.3) is 0 Å². The van der Waals surface area contributed by atoms with Crippen molar-refractivity contribution in [3.05, 3.63) is 57.7 Å². The summed E-state index contributed by atoms with van der Waals surface area (Å²) in [6.07, 6.45) is 0. The van der Waals surface area contributed by atoms with Crippen LogP contribution in [0.3, 0.4) is 0 Å². The normalized spacial score (nSPS) is 11.0. The highest BCUT2D eigenvalue weighted by Gasteiger charge is 2.13. The predicted molar refractivity (Wildman–Crippen MR) is 92.8 cm³/mol. The monoisotopic (exact) mass is 364 g/mol. The number of halogens is 2. The van der Waals surface area contributed by atoms with Gasteiger partial charge in [0.2, 0.25) is 0 Å². The number of hydrogen-bond acceptors (Lipinski definition) is 4. The second-order valence-electron chi connectivity index (χ2n) is 5.25. The minimum atomic E-state index is -0.716. The Balaban J connectivity index is 2.04. The topological polar surface area (TPSA) is 64.4 Å². The van der Waals surface area contributed by atoms with Crippen molar-refractivity contribution in [1.29, 1.82) is 0 Å². The number of hydrogen-bond donors (Lipinski definition) is 1. The van der Waals surface area contributed by atoms with E-state index in [0.717, 1.165) is 22.2 Å². The van der Waals surface area contributed by atoms with Crippen LogP contribution in [-0.2, 0) is 11.3 Å². The van der Waals surface area contributed by atoms with Crippen LogP contribution in [0.4, 0.5) is 0 Å². The van der Waals surface area contributed by atoms with Crippen molar-refractivity contribution in [2.45, 2.75) is 13.5 Å². The van der Waals surface area contributed by atoms with Crippen molar-refractivity contribution in [2.24, 2.45) is 0 Å². The lowest BCUT2D eigenvalue weighted by Crippen LogP contribution is -2.12. The van der Waals surface area contributed by atoms with Gasteiger partial charge in [-0.1, -0.05) is 29.3 Å². The van der Waals surface area contributed by atoms with Gasteiger partial charge >= 0.3 is 5.97 Å². The molecule has 1 aromatic heterocycles. The van der Waals surface area contributed by atoms with E-state index in [2.05, 4.69) is 5.10 Å². The van der Waals surface area contributed by atoms with Crippen LogP contribution in [0.1, 0.15) is 11.3 Å². The Morgan fingerprint density at radius 3 is 2.62 bits per heavy atom. The van der Waals surface area contributed by atoms with Crippen LogP contribution in [0.15, 0.2) is 36.4 Å². The Morgan fingerprint density at radius 1 is 1.25 bits per heavy atom. The average Bonchev–Trinajstić information content (AvgIpc) is 2.86. The number of carbonyl (C=O) groups excluding carboxylic acids is 1. The maximum absolute atomic E-state index is 11.3. The Hall–Kier alpha value is -2.08. The van der Waals surface area contributed by atoms with Crippen LogP contribution < -0.4 is 4.74 Å². The highest BCUT2D eigenvalue weighted by Crippen LogP contribution is 2.28. The first-order valence-electron chi connectivity index (χ1n) is 7.21. The number of aliphatic hydroxyl groups excluding tert-OH is 1. The average molecular weight is 365 g/mol. The molecule has 0 unspecified atom stereocenters. The molecule has 7 heteroatoms. The van der Waals surface area contributed by atoms with Crippen LogP contribution in [0.2, 0.25) is 10.0 Å². The molecule has 0 spiro atoms. The number of aliphatic hydroxyl groups is 1. The van der Waals surface area contributed by atoms with Crippen LogP contribution >= 0.6 is 23.2 Å². The fourth-order valence-electron chi connectivity index (χ4n) is 2.50. The number of fused-ring (bicyclic) bond motifs is 1. The molecule has 0 aliphatic heterocycles. The molecule has 1 heterocycles. The van der Waals surface area contributed by atoms with E-state index in [4.69, 9.17) is 33.0 Å². The van der Waals surface area contributed by atoms with Gasteiger partial charge in [-0.2, -0.15) is 5.10 Å². The Morgan fingerprint density at radius 2 is 1.96 bits per heavy atom. The smallest absolute Gasteiger partial charge is 0.337 e. The van der Waals surface area contributed by atoms with Crippen LogP contribution in [0.25, 0.3) is 10.9 Å². The standard InChI is InChI=1S/C17H14Cl2N2O3/c1-10-12-6-5-11(24-17(23)9-22)7-16(12)21(20-10)8-13-14(18)3-2-4-15(13)19/h2-7,22H,8-9H2,1H3. The lowest BCUT2D eigenvalue weighted by molar-refractivity contribution is -0.137. The second kappa shape index (κ2) is 6.81. The molecule has 2 aromatic carbocycles. The van der Waals surface area contributed by atoms with E-state index in [1.165, 1.54) is 0 Å². The lowest BCUT2D eigenvalue weighted by atomic mass is 10.2. The summed E-state index contributed by atoms with van der Waals surface area (Å²) >= 11 is 12.5. The Kier molecular flexibility index (Phi) is 4.76. The van der Waals surface area contributed by atoms with Gasteiger partial charge in [0.05, 0.1) is 17.8 Å². The molecule has 0 saturated carbocycles. The SMILES string of the molecule is Cc1nn(Cc2c(Cl)cccc2Cl)c2cc(OC(=O)CO)ccc12. The van der Waals surface area contributed by atoms with E-state index in [-0.39, 0.29) is 0 Å². The highest BCUT2D eigenvalue weighted by atomic mass is 35.5. The van der Waals surface area contributed by atoms with Gasteiger partial charge in [-0.15, -0.1) is 0 Å². The number of aromatic nitrogens is 2. The summed E-state index contributed by atoms with van der Waals surface area (Å²) in [4.78, 5) is 11.3. The molecule has 0 aliphatic carbocycles. The van der Waals surface area contributed by atoms with Crippen molar-refractivity contribution >= 4 is 40.1 Å². The summed E-state index contributed by atoms with van der Waals surface area (Å²) in [6, 6.07) is 10.5. The van der Waals surface area contributed by atoms with Gasteiger partial charge in [-0.25, -0.2) is 4.79 Å². The quantitative estimate of drug-likeness (QED) is 0.567. The zero-order chi connectivity index (χ0) is 17.3. The second-order valence-corrected chi connectivity index (χ2v) is 6.07. The predicted octanol–water partition coefficient (Wildman–Crippen LogP) is 3.60. The van der Waals surface area contributed by atoms with E-state index < -0.39 is 12.6 Å². The molecule has 0 saturated heterocycles. The summed E-state index contributed by atoms with van der Waals surface area (Å²) < 4.78 is 6.81. The maximum atomic E-state index is 11.3. The summed E-state index contributed by atoms with van der Waals surface area (Å²) in [5.41, 5.74) is 2.39. The molecule has 0 fully saturated rings. The summed E-state index contributed by atoms with van der Waals surface area (Å²) in [6.45, 7) is 1.61. The molecular formula is C17H14Cl2N2O3. The number of rotatable bonds is 4. The first-order valence-corrected chi connectivity index (χ1v) is 7.97. The van der Waals surface area contributed by atoms with E-state index >= 15 is 0 Å². The molecule has 0 aliphatic rings. The first-order chi connectivity index (χ1) is 11.5. The summed E-state index contributed by atoms with van der Waals surface area (Å²) in [7, 11) is 0. The number of benzene rings is 2. The molecule has 0 radical (unpaired) electrons. The minimum absolute atomic E-state index is 0.341. The molecular weight excluding hydrogens is 351 g/mol. The molecule has 0 amide bonds. The maximum Gasteiger partial charge on any atom is 0.337 e. The number of aryl methyl sites for hydroxylation is 1. The molecule has 0 bridgehead atoms. The zero-order valence-electron chi connectivity index (χ0n) is 12.8. The van der Waals surface area contributed by atoms with E-state index in [0.29, 0.717) is 22.3 Å². The summed E-state index contributed by atoms with van der Waals surface area (Å²) in [5.74, 6) is -0.376. The van der Waals surface area contributed by atoms with Crippen molar-refractivity contribution < 1.29 is 14.6 Å².